The van der Waals surface area contributed by atoms with Crippen molar-refractivity contribution in [3.63, 3.8) is 0 Å². The summed E-state index contributed by atoms with van der Waals surface area (Å²) in [5.74, 6) is 1.13. The van der Waals surface area contributed by atoms with Crippen molar-refractivity contribution < 1.29 is 9.53 Å². The number of fused-ring (bicyclic) bond motifs is 1. The van der Waals surface area contributed by atoms with E-state index in [4.69, 9.17) is 4.74 Å². The summed E-state index contributed by atoms with van der Waals surface area (Å²) in [6.07, 6.45) is 2.63. The van der Waals surface area contributed by atoms with Gasteiger partial charge in [-0.05, 0) is 49.6 Å². The number of methoxy groups -OCH3 is 1. The third-order valence-electron chi connectivity index (χ3n) is 5.18. The van der Waals surface area contributed by atoms with E-state index in [1.807, 2.05) is 43.5 Å². The van der Waals surface area contributed by atoms with Crippen LogP contribution >= 0.6 is 11.8 Å². The van der Waals surface area contributed by atoms with Gasteiger partial charge in [-0.1, -0.05) is 53.7 Å². The molecule has 1 N–H and O–H groups in total. The maximum atomic E-state index is 12.4. The van der Waals surface area contributed by atoms with Crippen LogP contribution in [0.4, 0.5) is 0 Å². The molecule has 0 saturated carbocycles. The Balaban J connectivity index is 1.42. The highest BCUT2D eigenvalue weighted by Crippen LogP contribution is 2.28. The van der Waals surface area contributed by atoms with Gasteiger partial charge in [-0.2, -0.15) is 5.10 Å². The molecule has 1 amide bonds. The summed E-state index contributed by atoms with van der Waals surface area (Å²) in [6, 6.07) is 18.2. The smallest absolute Gasteiger partial charge is 0.230 e. The lowest BCUT2D eigenvalue weighted by Gasteiger charge is -2.08. The standard InChI is InChI=1S/C25H26N4O2S/c1-17-4-6-19(7-5-17)12-13-26-23(30)16-32-24-14-18(2)28-25-22(15-27-29(24)25)20-8-10-21(31-3)11-9-20/h4-11,14-15H,12-13,16H2,1-3H3,(H,26,30). The molecule has 0 unspecified atom stereocenters. The van der Waals surface area contributed by atoms with Crippen molar-refractivity contribution in [3.8, 4) is 16.9 Å². The van der Waals surface area contributed by atoms with Gasteiger partial charge in [0.2, 0.25) is 5.91 Å². The molecule has 0 aliphatic heterocycles. The number of benzene rings is 2. The van der Waals surface area contributed by atoms with Crippen LogP contribution in [-0.4, -0.2) is 39.9 Å². The monoisotopic (exact) mass is 446 g/mol. The van der Waals surface area contributed by atoms with E-state index in [-0.39, 0.29) is 5.91 Å². The Morgan fingerprint density at radius 3 is 2.56 bits per heavy atom. The van der Waals surface area contributed by atoms with Gasteiger partial charge < -0.3 is 10.1 Å². The number of ether oxygens (including phenoxy) is 1. The van der Waals surface area contributed by atoms with E-state index in [0.29, 0.717) is 12.3 Å². The van der Waals surface area contributed by atoms with Crippen LogP contribution in [0.15, 0.2) is 65.8 Å². The summed E-state index contributed by atoms with van der Waals surface area (Å²) in [6.45, 7) is 4.65. The van der Waals surface area contributed by atoms with E-state index in [1.54, 1.807) is 11.6 Å². The van der Waals surface area contributed by atoms with Crippen molar-refractivity contribution >= 4 is 23.3 Å². The predicted molar refractivity (Wildman–Crippen MR) is 128 cm³/mol. The molecule has 0 atom stereocenters. The SMILES string of the molecule is COc1ccc(-c2cnn3c(SCC(=O)NCCc4ccc(C)cc4)cc(C)nc23)cc1. The average Bonchev–Trinajstić information content (AvgIpc) is 3.22. The fourth-order valence-corrected chi connectivity index (χ4v) is 4.31. The van der Waals surface area contributed by atoms with Gasteiger partial charge in [0.25, 0.3) is 0 Å². The summed E-state index contributed by atoms with van der Waals surface area (Å²) in [4.78, 5) is 17.1. The number of aromatic nitrogens is 3. The van der Waals surface area contributed by atoms with Crippen LogP contribution < -0.4 is 10.1 Å². The van der Waals surface area contributed by atoms with Gasteiger partial charge >= 0.3 is 0 Å². The van der Waals surface area contributed by atoms with Gasteiger partial charge in [0.05, 0.1) is 19.1 Å². The molecule has 0 aliphatic rings. The van der Waals surface area contributed by atoms with Crippen molar-refractivity contribution in [3.05, 3.63) is 77.6 Å². The molecular formula is C25H26N4O2S. The molecule has 164 valence electrons. The Kier molecular flexibility index (Phi) is 6.75. The zero-order chi connectivity index (χ0) is 22.5. The topological polar surface area (TPSA) is 68.5 Å². The molecule has 0 radical (unpaired) electrons. The zero-order valence-electron chi connectivity index (χ0n) is 18.5. The fourth-order valence-electron chi connectivity index (χ4n) is 3.42. The van der Waals surface area contributed by atoms with Crippen molar-refractivity contribution in [1.29, 1.82) is 0 Å². The lowest BCUT2D eigenvalue weighted by atomic mass is 10.1. The average molecular weight is 447 g/mol. The predicted octanol–water partition coefficient (Wildman–Crippen LogP) is 4.47. The van der Waals surface area contributed by atoms with E-state index >= 15 is 0 Å². The minimum Gasteiger partial charge on any atom is -0.497 e. The van der Waals surface area contributed by atoms with E-state index in [0.717, 1.165) is 39.7 Å². The van der Waals surface area contributed by atoms with E-state index in [2.05, 4.69) is 46.6 Å². The number of carbonyl (C=O) groups is 1. The van der Waals surface area contributed by atoms with Crippen LogP contribution in [0.5, 0.6) is 5.75 Å². The number of hydrogen-bond acceptors (Lipinski definition) is 5. The van der Waals surface area contributed by atoms with Crippen LogP contribution in [0.2, 0.25) is 0 Å². The number of aryl methyl sites for hydroxylation is 2. The highest BCUT2D eigenvalue weighted by molar-refractivity contribution is 7.99. The molecule has 7 heteroatoms. The van der Waals surface area contributed by atoms with Crippen molar-refractivity contribution in [2.45, 2.75) is 25.3 Å². The van der Waals surface area contributed by atoms with E-state index in [1.165, 1.54) is 22.9 Å². The summed E-state index contributed by atoms with van der Waals surface area (Å²) < 4.78 is 7.05. The van der Waals surface area contributed by atoms with Crippen molar-refractivity contribution in [2.24, 2.45) is 0 Å². The third kappa shape index (κ3) is 5.11. The number of carbonyl (C=O) groups excluding carboxylic acids is 1. The minimum absolute atomic E-state index is 0.00672. The molecule has 4 aromatic rings. The number of amides is 1. The molecule has 2 aromatic heterocycles. The molecule has 0 spiro atoms. The van der Waals surface area contributed by atoms with Crippen molar-refractivity contribution in [1.82, 2.24) is 19.9 Å². The summed E-state index contributed by atoms with van der Waals surface area (Å²) in [5, 5.41) is 8.43. The molecule has 2 aromatic carbocycles. The molecule has 0 fully saturated rings. The Morgan fingerprint density at radius 2 is 1.84 bits per heavy atom. The number of thioether (sulfide) groups is 1. The second-order valence-corrected chi connectivity index (χ2v) is 8.63. The molecular weight excluding hydrogens is 420 g/mol. The summed E-state index contributed by atoms with van der Waals surface area (Å²) in [7, 11) is 1.65. The largest absolute Gasteiger partial charge is 0.497 e. The number of nitrogens with zero attached hydrogens (tertiary/aromatic N) is 3. The van der Waals surface area contributed by atoms with Crippen LogP contribution in [0.25, 0.3) is 16.8 Å². The lowest BCUT2D eigenvalue weighted by molar-refractivity contribution is -0.118. The fraction of sp³-hybridized carbons (Fsp3) is 0.240. The number of rotatable bonds is 8. The third-order valence-corrected chi connectivity index (χ3v) is 6.17. The lowest BCUT2D eigenvalue weighted by Crippen LogP contribution is -2.27. The first kappa shape index (κ1) is 21.9. The number of nitrogens with one attached hydrogen (secondary N) is 1. The van der Waals surface area contributed by atoms with Gasteiger partial charge in [-0.3, -0.25) is 4.79 Å². The number of hydrogen-bond donors (Lipinski definition) is 1. The van der Waals surface area contributed by atoms with E-state index < -0.39 is 0 Å². The summed E-state index contributed by atoms with van der Waals surface area (Å²) >= 11 is 1.46. The zero-order valence-corrected chi connectivity index (χ0v) is 19.3. The summed E-state index contributed by atoms with van der Waals surface area (Å²) in [5.41, 5.74) is 6.08. The Hall–Kier alpha value is -3.32. The van der Waals surface area contributed by atoms with Crippen LogP contribution in [0.3, 0.4) is 0 Å². The maximum absolute atomic E-state index is 12.4. The van der Waals surface area contributed by atoms with Crippen LogP contribution in [0.1, 0.15) is 16.8 Å². The molecule has 2 heterocycles. The quantitative estimate of drug-likeness (QED) is 0.319. The van der Waals surface area contributed by atoms with Gasteiger partial charge in [0.1, 0.15) is 10.8 Å². The molecule has 4 rings (SSSR count). The molecule has 0 aliphatic carbocycles. The second-order valence-electron chi connectivity index (χ2n) is 7.63. The minimum atomic E-state index is 0.00672. The molecule has 0 saturated heterocycles. The highest BCUT2D eigenvalue weighted by atomic mass is 32.2. The first-order valence-electron chi connectivity index (χ1n) is 10.5. The molecule has 32 heavy (non-hydrogen) atoms. The highest BCUT2D eigenvalue weighted by Gasteiger charge is 2.14. The Morgan fingerprint density at radius 1 is 1.09 bits per heavy atom. The first-order chi connectivity index (χ1) is 15.5. The molecule has 0 bridgehead atoms. The van der Waals surface area contributed by atoms with Gasteiger partial charge in [-0.25, -0.2) is 9.50 Å². The second kappa shape index (κ2) is 9.87. The normalized spacial score (nSPS) is 11.0. The van der Waals surface area contributed by atoms with Crippen LogP contribution in [0, 0.1) is 13.8 Å². The Labute approximate surface area is 192 Å². The van der Waals surface area contributed by atoms with Gasteiger partial charge in [0.15, 0.2) is 5.65 Å². The van der Waals surface area contributed by atoms with Gasteiger partial charge in [0, 0.05) is 17.8 Å². The van der Waals surface area contributed by atoms with Gasteiger partial charge in [-0.15, -0.1) is 0 Å². The van der Waals surface area contributed by atoms with Crippen molar-refractivity contribution in [2.75, 3.05) is 19.4 Å². The first-order valence-corrected chi connectivity index (χ1v) is 11.5. The van der Waals surface area contributed by atoms with Crippen LogP contribution in [-0.2, 0) is 11.2 Å². The maximum Gasteiger partial charge on any atom is 0.230 e. The Bertz CT molecular complexity index is 1220. The molecule has 6 nitrogen and oxygen atoms in total. The van der Waals surface area contributed by atoms with E-state index in [9.17, 15) is 4.79 Å².